The van der Waals surface area contributed by atoms with Gasteiger partial charge in [-0.15, -0.1) is 0 Å². The van der Waals surface area contributed by atoms with Crippen molar-refractivity contribution in [1.82, 2.24) is 9.80 Å². The van der Waals surface area contributed by atoms with E-state index in [2.05, 4.69) is 13.8 Å². The molecule has 2 amide bonds. The molecule has 0 unspecified atom stereocenters. The molecule has 0 aliphatic carbocycles. The first-order valence-electron chi connectivity index (χ1n) is 9.06. The number of unbranched alkanes of at least 4 members (excludes halogenated alkanes) is 2. The Kier molecular flexibility index (Phi) is 7.79. The number of carbonyl (C=O) groups excluding carboxylic acids is 2. The van der Waals surface area contributed by atoms with Crippen molar-refractivity contribution >= 4 is 28.8 Å². The molecule has 24 heavy (non-hydrogen) atoms. The average Bonchev–Trinajstić information content (AvgIpc) is 2.45. The summed E-state index contributed by atoms with van der Waals surface area (Å²) in [6.07, 6.45) is 4.38. The zero-order chi connectivity index (χ0) is 18.4. The van der Waals surface area contributed by atoms with Gasteiger partial charge in [-0.3, -0.25) is 0 Å². The first-order chi connectivity index (χ1) is 11.1. The van der Waals surface area contributed by atoms with Crippen molar-refractivity contribution < 1.29 is 18.4 Å². The summed E-state index contributed by atoms with van der Waals surface area (Å²) in [6.45, 7) is 13.5. The van der Waals surface area contributed by atoms with Crippen LogP contribution in [0.4, 0.5) is 9.59 Å². The van der Waals surface area contributed by atoms with Crippen LogP contribution in [0, 0.1) is 0 Å². The fourth-order valence-electron chi connectivity index (χ4n) is 2.75. The third-order valence-electron chi connectivity index (χ3n) is 3.95. The van der Waals surface area contributed by atoms with Crippen molar-refractivity contribution in [1.29, 1.82) is 0 Å². The number of hydrogen-bond donors (Lipinski definition) is 0. The summed E-state index contributed by atoms with van der Waals surface area (Å²) >= 11 is 0. The van der Waals surface area contributed by atoms with Crippen LogP contribution in [0.15, 0.2) is 0 Å². The minimum absolute atomic E-state index is 0.242. The summed E-state index contributed by atoms with van der Waals surface area (Å²) in [4.78, 5) is 28.8. The molecule has 0 aromatic heterocycles. The van der Waals surface area contributed by atoms with Gasteiger partial charge in [0.1, 0.15) is 0 Å². The standard InChI is InChI=1S/C16H34N2O4Si2/c1-7-9-11-17-13-23(3,4)22-16(20)18(12-10-8-2)14-24(5,6)21-15(17)19/h7-14H2,1-6H3. The lowest BCUT2D eigenvalue weighted by atomic mass is 10.3. The van der Waals surface area contributed by atoms with Crippen molar-refractivity contribution in [3.05, 3.63) is 0 Å². The Morgan fingerprint density at radius 1 is 0.792 bits per heavy atom. The summed E-state index contributed by atoms with van der Waals surface area (Å²) in [6, 6.07) is 0. The van der Waals surface area contributed by atoms with Crippen LogP contribution in [0.5, 0.6) is 0 Å². The maximum absolute atomic E-state index is 12.6. The van der Waals surface area contributed by atoms with Gasteiger partial charge in [-0.25, -0.2) is 9.59 Å². The predicted molar refractivity (Wildman–Crippen MR) is 101 cm³/mol. The molecule has 1 heterocycles. The molecule has 0 N–H and O–H groups in total. The van der Waals surface area contributed by atoms with Gasteiger partial charge < -0.3 is 18.7 Å². The molecule has 8 heteroatoms. The van der Waals surface area contributed by atoms with Gasteiger partial charge in [-0.05, 0) is 39.0 Å². The molecule has 0 bridgehead atoms. The van der Waals surface area contributed by atoms with Crippen LogP contribution in [0.1, 0.15) is 39.5 Å². The van der Waals surface area contributed by atoms with Gasteiger partial charge in [-0.2, -0.15) is 0 Å². The zero-order valence-electron chi connectivity index (χ0n) is 16.2. The van der Waals surface area contributed by atoms with Crippen molar-refractivity contribution in [3.63, 3.8) is 0 Å². The number of hydrogen-bond acceptors (Lipinski definition) is 4. The minimum atomic E-state index is -2.32. The highest BCUT2D eigenvalue weighted by molar-refractivity contribution is 6.74. The second kappa shape index (κ2) is 8.89. The van der Waals surface area contributed by atoms with Crippen molar-refractivity contribution in [3.8, 4) is 0 Å². The SMILES string of the molecule is CCCCN1C[Si](C)(C)OC(=O)N(CCCC)C[Si](C)(C)OC1=O. The Morgan fingerprint density at radius 2 is 1.12 bits per heavy atom. The van der Waals surface area contributed by atoms with Crippen LogP contribution >= 0.6 is 0 Å². The molecular formula is C16H34N2O4Si2. The molecule has 0 radical (unpaired) electrons. The van der Waals surface area contributed by atoms with E-state index in [-0.39, 0.29) is 12.2 Å². The van der Waals surface area contributed by atoms with Crippen molar-refractivity contribution in [2.45, 2.75) is 65.7 Å². The van der Waals surface area contributed by atoms with Crippen LogP contribution < -0.4 is 0 Å². The molecule has 1 rings (SSSR count). The van der Waals surface area contributed by atoms with Gasteiger partial charge in [0.15, 0.2) is 0 Å². The maximum atomic E-state index is 12.6. The molecule has 1 aliphatic heterocycles. The maximum Gasteiger partial charge on any atom is 0.396 e. The van der Waals surface area contributed by atoms with E-state index in [4.69, 9.17) is 8.85 Å². The van der Waals surface area contributed by atoms with E-state index in [0.717, 1.165) is 25.7 Å². The Morgan fingerprint density at radius 3 is 1.42 bits per heavy atom. The zero-order valence-corrected chi connectivity index (χ0v) is 18.2. The van der Waals surface area contributed by atoms with Crippen molar-refractivity contribution in [2.75, 3.05) is 25.4 Å². The molecular weight excluding hydrogens is 340 g/mol. The molecule has 0 atom stereocenters. The van der Waals surface area contributed by atoms with E-state index in [0.29, 0.717) is 25.4 Å². The monoisotopic (exact) mass is 374 g/mol. The van der Waals surface area contributed by atoms with Crippen LogP contribution in [0.25, 0.3) is 0 Å². The van der Waals surface area contributed by atoms with E-state index in [9.17, 15) is 9.59 Å². The first-order valence-corrected chi connectivity index (χ1v) is 15.3. The summed E-state index contributed by atoms with van der Waals surface area (Å²) in [5.41, 5.74) is 0. The van der Waals surface area contributed by atoms with E-state index < -0.39 is 16.6 Å². The minimum Gasteiger partial charge on any atom is -0.502 e. The summed E-state index contributed by atoms with van der Waals surface area (Å²) in [5.74, 6) is 0. The first kappa shape index (κ1) is 21.0. The number of rotatable bonds is 6. The van der Waals surface area contributed by atoms with E-state index in [1.165, 1.54) is 0 Å². The summed E-state index contributed by atoms with van der Waals surface area (Å²) in [5, 5.41) is 0. The van der Waals surface area contributed by atoms with Gasteiger partial charge in [-0.1, -0.05) is 26.7 Å². The molecule has 0 aromatic carbocycles. The number of carbonyl (C=O) groups is 2. The fourth-order valence-corrected chi connectivity index (χ4v) is 6.50. The highest BCUT2D eigenvalue weighted by Gasteiger charge is 2.40. The molecule has 140 valence electrons. The van der Waals surface area contributed by atoms with E-state index in [1.807, 2.05) is 26.2 Å². The highest BCUT2D eigenvalue weighted by Crippen LogP contribution is 2.18. The van der Waals surface area contributed by atoms with Crippen LogP contribution in [0.3, 0.4) is 0 Å². The quantitative estimate of drug-likeness (QED) is 0.660. The van der Waals surface area contributed by atoms with Gasteiger partial charge in [0.05, 0.1) is 12.3 Å². The largest absolute Gasteiger partial charge is 0.502 e. The van der Waals surface area contributed by atoms with Crippen LogP contribution in [0.2, 0.25) is 26.2 Å². The van der Waals surface area contributed by atoms with Gasteiger partial charge in [0, 0.05) is 13.1 Å². The topological polar surface area (TPSA) is 59.1 Å². The lowest BCUT2D eigenvalue weighted by molar-refractivity contribution is 0.132. The van der Waals surface area contributed by atoms with Crippen LogP contribution in [-0.4, -0.2) is 64.0 Å². The lowest BCUT2D eigenvalue weighted by Crippen LogP contribution is -2.58. The number of amides is 2. The molecule has 0 saturated carbocycles. The van der Waals surface area contributed by atoms with Crippen molar-refractivity contribution in [2.24, 2.45) is 0 Å². The van der Waals surface area contributed by atoms with E-state index in [1.54, 1.807) is 9.80 Å². The predicted octanol–water partition coefficient (Wildman–Crippen LogP) is 3.97. The lowest BCUT2D eigenvalue weighted by Gasteiger charge is -2.38. The molecule has 1 aliphatic rings. The smallest absolute Gasteiger partial charge is 0.396 e. The van der Waals surface area contributed by atoms with Gasteiger partial charge >= 0.3 is 12.2 Å². The molecule has 0 aromatic rings. The Balaban J connectivity index is 3.01. The third kappa shape index (κ3) is 6.84. The van der Waals surface area contributed by atoms with Gasteiger partial charge in [0.2, 0.25) is 0 Å². The second-order valence-corrected chi connectivity index (χ2v) is 15.9. The molecule has 1 saturated heterocycles. The second-order valence-electron chi connectivity index (χ2n) is 7.81. The van der Waals surface area contributed by atoms with Crippen LogP contribution in [-0.2, 0) is 8.85 Å². The molecule has 1 fully saturated rings. The Hall–Kier alpha value is -1.03. The highest BCUT2D eigenvalue weighted by atomic mass is 28.4. The average molecular weight is 375 g/mol. The summed E-state index contributed by atoms with van der Waals surface area (Å²) < 4.78 is 11.7. The fraction of sp³-hybridized carbons (Fsp3) is 0.875. The van der Waals surface area contributed by atoms with E-state index >= 15 is 0 Å². The number of nitrogens with zero attached hydrogens (tertiary/aromatic N) is 2. The molecule has 0 spiro atoms. The Bertz CT molecular complexity index is 404. The van der Waals surface area contributed by atoms with Gasteiger partial charge in [0.25, 0.3) is 16.6 Å². The Labute approximate surface area is 148 Å². The normalized spacial score (nSPS) is 21.2. The third-order valence-corrected chi connectivity index (χ3v) is 7.69. The molecule has 6 nitrogen and oxygen atoms in total. The summed E-state index contributed by atoms with van der Waals surface area (Å²) in [7, 11) is -4.65.